The number of nitrogens with zero attached hydrogens (tertiary/aromatic N) is 2. The second kappa shape index (κ2) is 5.66. The minimum Gasteiger partial charge on any atom is -0.320 e. The number of hydrogen-bond donors (Lipinski definition) is 1. The molecule has 0 radical (unpaired) electrons. The molecule has 1 aromatic heterocycles. The maximum atomic E-state index is 12.1. The Kier molecular flexibility index (Phi) is 3.95. The molecule has 0 saturated carbocycles. The zero-order chi connectivity index (χ0) is 14.7. The lowest BCUT2D eigenvalue weighted by molar-refractivity contribution is -0.384. The number of carbonyl (C=O) groups excluding carboxylic acids is 1. The first-order valence-electron chi connectivity index (χ1n) is 5.65. The molecule has 7 heteroatoms. The van der Waals surface area contributed by atoms with Crippen LogP contribution in [0.25, 0.3) is 0 Å². The van der Waals surface area contributed by atoms with Crippen molar-refractivity contribution in [1.82, 2.24) is 4.98 Å². The van der Waals surface area contributed by atoms with Gasteiger partial charge in [0.05, 0.1) is 27.4 Å². The van der Waals surface area contributed by atoms with Gasteiger partial charge in [0.2, 0.25) is 0 Å². The zero-order valence-corrected chi connectivity index (χ0v) is 11.2. The van der Waals surface area contributed by atoms with Crippen LogP contribution >= 0.6 is 11.6 Å². The molecule has 1 N–H and O–H groups in total. The van der Waals surface area contributed by atoms with Gasteiger partial charge in [-0.05, 0) is 24.6 Å². The summed E-state index contributed by atoms with van der Waals surface area (Å²) in [5.41, 5.74) is 1.42. The van der Waals surface area contributed by atoms with Crippen LogP contribution in [0, 0.1) is 17.0 Å². The van der Waals surface area contributed by atoms with Crippen molar-refractivity contribution in [2.24, 2.45) is 0 Å². The van der Waals surface area contributed by atoms with E-state index in [-0.39, 0.29) is 16.3 Å². The maximum Gasteiger partial charge on any atom is 0.270 e. The number of anilines is 1. The number of aromatic nitrogens is 1. The second-order valence-corrected chi connectivity index (χ2v) is 4.47. The molecule has 0 aliphatic rings. The SMILES string of the molecule is Cc1ccncc1NC(=O)c1ccc([N+](=O)[O-])cc1Cl. The quantitative estimate of drug-likeness (QED) is 0.695. The lowest BCUT2D eigenvalue weighted by atomic mass is 10.1. The summed E-state index contributed by atoms with van der Waals surface area (Å²) in [4.78, 5) is 26.0. The van der Waals surface area contributed by atoms with Crippen LogP contribution in [0.2, 0.25) is 5.02 Å². The molecule has 1 amide bonds. The molecular formula is C13H10ClN3O3. The van der Waals surface area contributed by atoms with Crippen molar-refractivity contribution >= 4 is 28.9 Å². The van der Waals surface area contributed by atoms with Crippen LogP contribution in [-0.4, -0.2) is 15.8 Å². The Bertz CT molecular complexity index is 688. The van der Waals surface area contributed by atoms with E-state index in [0.717, 1.165) is 11.6 Å². The van der Waals surface area contributed by atoms with Crippen molar-refractivity contribution in [3.63, 3.8) is 0 Å². The lowest BCUT2D eigenvalue weighted by Crippen LogP contribution is -2.13. The number of rotatable bonds is 3. The number of nitro groups is 1. The van der Waals surface area contributed by atoms with Crippen molar-refractivity contribution in [3.05, 3.63) is 62.9 Å². The fourth-order valence-corrected chi connectivity index (χ4v) is 1.85. The van der Waals surface area contributed by atoms with Gasteiger partial charge in [-0.1, -0.05) is 11.6 Å². The van der Waals surface area contributed by atoms with Crippen molar-refractivity contribution < 1.29 is 9.72 Å². The first-order chi connectivity index (χ1) is 9.49. The van der Waals surface area contributed by atoms with Gasteiger partial charge >= 0.3 is 0 Å². The van der Waals surface area contributed by atoms with Crippen LogP contribution < -0.4 is 5.32 Å². The van der Waals surface area contributed by atoms with E-state index < -0.39 is 10.8 Å². The molecule has 0 atom stereocenters. The number of carbonyl (C=O) groups is 1. The molecular weight excluding hydrogens is 282 g/mol. The molecule has 0 unspecified atom stereocenters. The third kappa shape index (κ3) is 2.92. The van der Waals surface area contributed by atoms with Crippen LogP contribution in [0.5, 0.6) is 0 Å². The normalized spacial score (nSPS) is 10.1. The number of non-ortho nitro benzene ring substituents is 1. The van der Waals surface area contributed by atoms with E-state index in [1.54, 1.807) is 12.3 Å². The Balaban J connectivity index is 2.26. The van der Waals surface area contributed by atoms with Gasteiger partial charge in [0.1, 0.15) is 0 Å². The fraction of sp³-hybridized carbons (Fsp3) is 0.0769. The first-order valence-corrected chi connectivity index (χ1v) is 6.02. The number of nitrogens with one attached hydrogen (secondary N) is 1. The van der Waals surface area contributed by atoms with Crippen LogP contribution in [0.15, 0.2) is 36.7 Å². The summed E-state index contributed by atoms with van der Waals surface area (Å²) >= 11 is 5.89. The molecule has 0 saturated heterocycles. The van der Waals surface area contributed by atoms with Crippen LogP contribution in [-0.2, 0) is 0 Å². The van der Waals surface area contributed by atoms with E-state index in [9.17, 15) is 14.9 Å². The van der Waals surface area contributed by atoms with E-state index in [1.807, 2.05) is 6.92 Å². The highest BCUT2D eigenvalue weighted by Crippen LogP contribution is 2.23. The Hall–Kier alpha value is -2.47. The van der Waals surface area contributed by atoms with Gasteiger partial charge in [-0.15, -0.1) is 0 Å². The third-order valence-corrected chi connectivity index (χ3v) is 3.01. The number of nitro benzene ring substituents is 1. The number of halogens is 1. The van der Waals surface area contributed by atoms with E-state index in [0.29, 0.717) is 5.69 Å². The Morgan fingerprint density at radius 2 is 2.15 bits per heavy atom. The third-order valence-electron chi connectivity index (χ3n) is 2.70. The van der Waals surface area contributed by atoms with E-state index in [2.05, 4.69) is 10.3 Å². The predicted octanol–water partition coefficient (Wildman–Crippen LogP) is 3.20. The van der Waals surface area contributed by atoms with Crippen LogP contribution in [0.3, 0.4) is 0 Å². The predicted molar refractivity (Wildman–Crippen MR) is 75.0 cm³/mol. The summed E-state index contributed by atoms with van der Waals surface area (Å²) in [6, 6.07) is 5.46. The maximum absolute atomic E-state index is 12.1. The molecule has 2 aromatic rings. The van der Waals surface area contributed by atoms with Gasteiger partial charge in [0.25, 0.3) is 11.6 Å². The van der Waals surface area contributed by atoms with Gasteiger partial charge in [0.15, 0.2) is 0 Å². The monoisotopic (exact) mass is 291 g/mol. The number of aryl methyl sites for hydroxylation is 1. The molecule has 2 rings (SSSR count). The molecule has 6 nitrogen and oxygen atoms in total. The van der Waals surface area contributed by atoms with Gasteiger partial charge < -0.3 is 5.32 Å². The largest absolute Gasteiger partial charge is 0.320 e. The number of pyridine rings is 1. The fourth-order valence-electron chi connectivity index (χ4n) is 1.59. The second-order valence-electron chi connectivity index (χ2n) is 4.07. The highest BCUT2D eigenvalue weighted by molar-refractivity contribution is 6.34. The van der Waals surface area contributed by atoms with Gasteiger partial charge in [0, 0.05) is 18.3 Å². The number of amides is 1. The average Bonchev–Trinajstić information content (AvgIpc) is 2.41. The summed E-state index contributed by atoms with van der Waals surface area (Å²) in [5, 5.41) is 13.3. The molecule has 0 fully saturated rings. The summed E-state index contributed by atoms with van der Waals surface area (Å²) in [5.74, 6) is -0.444. The zero-order valence-electron chi connectivity index (χ0n) is 10.5. The standard InChI is InChI=1S/C13H10ClN3O3/c1-8-4-5-15-7-12(8)16-13(18)10-3-2-9(17(19)20)6-11(10)14/h2-7H,1H3,(H,16,18). The summed E-state index contributed by atoms with van der Waals surface area (Å²) in [6.45, 7) is 1.83. The first kappa shape index (κ1) is 14.0. The summed E-state index contributed by atoms with van der Waals surface area (Å²) < 4.78 is 0. The van der Waals surface area contributed by atoms with Crippen LogP contribution in [0.4, 0.5) is 11.4 Å². The highest BCUT2D eigenvalue weighted by atomic mass is 35.5. The van der Waals surface area contributed by atoms with Crippen molar-refractivity contribution in [2.45, 2.75) is 6.92 Å². The molecule has 0 aliphatic carbocycles. The summed E-state index contributed by atoms with van der Waals surface area (Å²) in [7, 11) is 0. The Morgan fingerprint density at radius 3 is 2.75 bits per heavy atom. The molecule has 102 valence electrons. The number of hydrogen-bond acceptors (Lipinski definition) is 4. The molecule has 0 bridgehead atoms. The smallest absolute Gasteiger partial charge is 0.270 e. The molecule has 20 heavy (non-hydrogen) atoms. The van der Waals surface area contributed by atoms with Crippen LogP contribution in [0.1, 0.15) is 15.9 Å². The molecule has 1 aromatic carbocycles. The minimum atomic E-state index is -0.571. The topological polar surface area (TPSA) is 85.1 Å². The van der Waals surface area contributed by atoms with Crippen molar-refractivity contribution in [2.75, 3.05) is 5.32 Å². The Morgan fingerprint density at radius 1 is 1.40 bits per heavy atom. The van der Waals surface area contributed by atoms with Gasteiger partial charge in [-0.25, -0.2) is 0 Å². The van der Waals surface area contributed by atoms with E-state index >= 15 is 0 Å². The molecule has 1 heterocycles. The number of benzene rings is 1. The average molecular weight is 292 g/mol. The van der Waals surface area contributed by atoms with Crippen molar-refractivity contribution in [3.8, 4) is 0 Å². The summed E-state index contributed by atoms with van der Waals surface area (Å²) in [6.07, 6.45) is 3.14. The van der Waals surface area contributed by atoms with E-state index in [1.165, 1.54) is 18.3 Å². The van der Waals surface area contributed by atoms with Crippen molar-refractivity contribution in [1.29, 1.82) is 0 Å². The highest BCUT2D eigenvalue weighted by Gasteiger charge is 2.15. The van der Waals surface area contributed by atoms with Gasteiger partial charge in [-0.3, -0.25) is 19.9 Å². The Labute approximate surface area is 119 Å². The van der Waals surface area contributed by atoms with Gasteiger partial charge in [-0.2, -0.15) is 0 Å². The minimum absolute atomic E-state index is 0.0262. The van der Waals surface area contributed by atoms with E-state index in [4.69, 9.17) is 11.6 Å². The molecule has 0 aliphatic heterocycles. The molecule has 0 spiro atoms. The lowest BCUT2D eigenvalue weighted by Gasteiger charge is -2.08.